The topological polar surface area (TPSA) is 35.2 Å². The van der Waals surface area contributed by atoms with Crippen LogP contribution in [0.4, 0.5) is 0 Å². The van der Waals surface area contributed by atoms with Gasteiger partial charge < -0.3 is 10.5 Å². The average Bonchev–Trinajstić information content (AvgIpc) is 2.74. The Hall–Kier alpha value is -0.0800. The van der Waals surface area contributed by atoms with E-state index in [1.807, 2.05) is 0 Å². The molecular weight excluding hydrogens is 246 g/mol. The van der Waals surface area contributed by atoms with Crippen molar-refractivity contribution >= 4 is 0 Å². The van der Waals surface area contributed by atoms with Gasteiger partial charge in [0.05, 0.1) is 5.60 Å². The van der Waals surface area contributed by atoms with Crippen LogP contribution >= 0.6 is 0 Å². The minimum Gasteiger partial charge on any atom is -0.375 e. The summed E-state index contributed by atoms with van der Waals surface area (Å²) in [5.74, 6) is 1.41. The number of hydrogen-bond donors (Lipinski definition) is 1. The predicted octanol–water partition coefficient (Wildman–Crippen LogP) is 4.52. The molecule has 1 spiro atoms. The summed E-state index contributed by atoms with van der Waals surface area (Å²) in [6.45, 7) is 10.3. The fourth-order valence-corrected chi connectivity index (χ4v) is 4.58. The summed E-state index contributed by atoms with van der Waals surface area (Å²) in [5.41, 5.74) is 7.20. The zero-order valence-corrected chi connectivity index (χ0v) is 14.1. The molecular formula is C18H35NO. The molecule has 2 fully saturated rings. The van der Waals surface area contributed by atoms with Crippen LogP contribution < -0.4 is 5.73 Å². The Balaban J connectivity index is 1.84. The van der Waals surface area contributed by atoms with E-state index in [0.717, 1.165) is 12.5 Å². The number of hydrogen-bond acceptors (Lipinski definition) is 2. The van der Waals surface area contributed by atoms with Crippen molar-refractivity contribution in [3.05, 3.63) is 0 Å². The van der Waals surface area contributed by atoms with Crippen molar-refractivity contribution in [1.82, 2.24) is 0 Å². The fraction of sp³-hybridized carbons (Fsp3) is 1.00. The van der Waals surface area contributed by atoms with Crippen LogP contribution in [0.15, 0.2) is 0 Å². The van der Waals surface area contributed by atoms with E-state index in [2.05, 4.69) is 27.7 Å². The van der Waals surface area contributed by atoms with Crippen LogP contribution in [0.2, 0.25) is 0 Å². The molecule has 0 amide bonds. The van der Waals surface area contributed by atoms with Crippen LogP contribution in [0, 0.1) is 17.3 Å². The summed E-state index contributed by atoms with van der Waals surface area (Å²) in [6, 6.07) is 0.369. The van der Waals surface area contributed by atoms with Crippen LogP contribution in [-0.2, 0) is 4.74 Å². The first-order chi connectivity index (χ1) is 9.30. The van der Waals surface area contributed by atoms with Crippen molar-refractivity contribution < 1.29 is 4.74 Å². The van der Waals surface area contributed by atoms with Gasteiger partial charge in [0.2, 0.25) is 0 Å². The second-order valence-electron chi connectivity index (χ2n) is 8.76. The van der Waals surface area contributed by atoms with Crippen molar-refractivity contribution in [2.45, 2.75) is 90.7 Å². The molecule has 20 heavy (non-hydrogen) atoms. The monoisotopic (exact) mass is 281 g/mol. The SMILES string of the molecule is CC(CC(N)C1CCOC2(CCCC2)C1)CC(C)(C)C. The van der Waals surface area contributed by atoms with Gasteiger partial charge in [-0.3, -0.25) is 0 Å². The van der Waals surface area contributed by atoms with Crippen LogP contribution in [-0.4, -0.2) is 18.2 Å². The number of nitrogens with two attached hydrogens (primary N) is 1. The third kappa shape index (κ3) is 4.46. The molecule has 1 saturated carbocycles. The molecule has 0 aromatic carbocycles. The van der Waals surface area contributed by atoms with Crippen molar-refractivity contribution in [3.8, 4) is 0 Å². The average molecular weight is 281 g/mol. The van der Waals surface area contributed by atoms with Gasteiger partial charge in [-0.05, 0) is 55.8 Å². The zero-order valence-electron chi connectivity index (χ0n) is 14.1. The van der Waals surface area contributed by atoms with E-state index in [1.165, 1.54) is 51.4 Å². The van der Waals surface area contributed by atoms with Gasteiger partial charge in [-0.25, -0.2) is 0 Å². The van der Waals surface area contributed by atoms with Gasteiger partial charge >= 0.3 is 0 Å². The summed E-state index contributed by atoms with van der Waals surface area (Å²) >= 11 is 0. The van der Waals surface area contributed by atoms with Crippen molar-refractivity contribution in [3.63, 3.8) is 0 Å². The molecule has 0 aromatic heterocycles. The highest BCUT2D eigenvalue weighted by molar-refractivity contribution is 4.94. The van der Waals surface area contributed by atoms with E-state index in [4.69, 9.17) is 10.5 Å². The molecule has 2 nitrogen and oxygen atoms in total. The quantitative estimate of drug-likeness (QED) is 0.822. The van der Waals surface area contributed by atoms with Crippen molar-refractivity contribution in [2.75, 3.05) is 6.61 Å². The maximum atomic E-state index is 6.56. The number of rotatable bonds is 4. The van der Waals surface area contributed by atoms with Crippen LogP contribution in [0.3, 0.4) is 0 Å². The van der Waals surface area contributed by atoms with E-state index in [0.29, 0.717) is 17.4 Å². The standard InChI is InChI=1S/C18H35NO/c1-14(12-17(2,3)4)11-16(19)15-7-10-20-18(13-15)8-5-6-9-18/h14-16H,5-13,19H2,1-4H3. The molecule has 2 rings (SSSR count). The molecule has 118 valence electrons. The van der Waals surface area contributed by atoms with Crippen LogP contribution in [0.25, 0.3) is 0 Å². The molecule has 1 heterocycles. The Morgan fingerprint density at radius 2 is 1.90 bits per heavy atom. The lowest BCUT2D eigenvalue weighted by Gasteiger charge is -2.41. The number of ether oxygens (including phenoxy) is 1. The molecule has 2 aliphatic rings. The highest BCUT2D eigenvalue weighted by Crippen LogP contribution is 2.43. The lowest BCUT2D eigenvalue weighted by molar-refractivity contribution is -0.0970. The van der Waals surface area contributed by atoms with Gasteiger partial charge in [0.15, 0.2) is 0 Å². The molecule has 0 aromatic rings. The van der Waals surface area contributed by atoms with Crippen LogP contribution in [0.1, 0.15) is 79.1 Å². The lowest BCUT2D eigenvalue weighted by Crippen LogP contribution is -2.44. The maximum absolute atomic E-state index is 6.56. The molecule has 0 bridgehead atoms. The predicted molar refractivity (Wildman–Crippen MR) is 85.7 cm³/mol. The second-order valence-corrected chi connectivity index (χ2v) is 8.76. The first-order valence-corrected chi connectivity index (χ1v) is 8.69. The molecule has 1 aliphatic heterocycles. The third-order valence-electron chi connectivity index (χ3n) is 5.29. The Labute approximate surface area is 125 Å². The van der Waals surface area contributed by atoms with Crippen molar-refractivity contribution in [1.29, 1.82) is 0 Å². The Kier molecular flexibility index (Phi) is 5.18. The highest BCUT2D eigenvalue weighted by Gasteiger charge is 2.41. The van der Waals surface area contributed by atoms with Gasteiger partial charge in [-0.1, -0.05) is 40.5 Å². The summed E-state index contributed by atoms with van der Waals surface area (Å²) < 4.78 is 6.14. The molecule has 0 radical (unpaired) electrons. The minimum atomic E-state index is 0.216. The molecule has 3 atom stereocenters. The lowest BCUT2D eigenvalue weighted by atomic mass is 9.76. The van der Waals surface area contributed by atoms with E-state index >= 15 is 0 Å². The minimum absolute atomic E-state index is 0.216. The van der Waals surface area contributed by atoms with Gasteiger partial charge in [0, 0.05) is 12.6 Å². The Morgan fingerprint density at radius 1 is 1.25 bits per heavy atom. The summed E-state index contributed by atoms with van der Waals surface area (Å²) in [4.78, 5) is 0. The summed E-state index contributed by atoms with van der Waals surface area (Å²) in [5, 5.41) is 0. The molecule has 1 aliphatic carbocycles. The molecule has 2 heteroatoms. The van der Waals surface area contributed by atoms with Gasteiger partial charge in [-0.2, -0.15) is 0 Å². The third-order valence-corrected chi connectivity index (χ3v) is 5.29. The van der Waals surface area contributed by atoms with E-state index in [-0.39, 0.29) is 5.60 Å². The molecule has 3 unspecified atom stereocenters. The van der Waals surface area contributed by atoms with Gasteiger partial charge in [-0.15, -0.1) is 0 Å². The maximum Gasteiger partial charge on any atom is 0.0685 e. The normalized spacial score (nSPS) is 29.6. The van der Waals surface area contributed by atoms with Gasteiger partial charge in [0.25, 0.3) is 0 Å². The first-order valence-electron chi connectivity index (χ1n) is 8.69. The van der Waals surface area contributed by atoms with Gasteiger partial charge in [0.1, 0.15) is 0 Å². The largest absolute Gasteiger partial charge is 0.375 e. The smallest absolute Gasteiger partial charge is 0.0685 e. The second kappa shape index (κ2) is 6.36. The molecule has 2 N–H and O–H groups in total. The van der Waals surface area contributed by atoms with Crippen molar-refractivity contribution in [2.24, 2.45) is 23.0 Å². The zero-order chi connectivity index (χ0) is 14.8. The summed E-state index contributed by atoms with van der Waals surface area (Å²) in [7, 11) is 0. The Morgan fingerprint density at radius 3 is 2.50 bits per heavy atom. The van der Waals surface area contributed by atoms with E-state index in [1.54, 1.807) is 0 Å². The Bertz CT molecular complexity index is 301. The van der Waals surface area contributed by atoms with Crippen LogP contribution in [0.5, 0.6) is 0 Å². The highest BCUT2D eigenvalue weighted by atomic mass is 16.5. The fourth-order valence-electron chi connectivity index (χ4n) is 4.58. The van der Waals surface area contributed by atoms with E-state index < -0.39 is 0 Å². The summed E-state index contributed by atoms with van der Waals surface area (Å²) in [6.07, 6.45) is 10.1. The first kappa shape index (κ1) is 16.3. The molecule has 1 saturated heterocycles. The van der Waals surface area contributed by atoms with E-state index in [9.17, 15) is 0 Å².